The van der Waals surface area contributed by atoms with E-state index in [4.69, 9.17) is 0 Å². The molecule has 0 fully saturated rings. The molecule has 0 unspecified atom stereocenters. The number of carbonyl (C=O) groups is 1. The van der Waals surface area contributed by atoms with Gasteiger partial charge in [-0.05, 0) is 51.6 Å². The molecule has 0 bridgehead atoms. The van der Waals surface area contributed by atoms with Gasteiger partial charge in [-0.15, -0.1) is 10.2 Å². The molecular weight excluding hydrogens is 474 g/mol. The van der Waals surface area contributed by atoms with Crippen molar-refractivity contribution in [1.82, 2.24) is 35.5 Å². The van der Waals surface area contributed by atoms with Gasteiger partial charge in [-0.25, -0.2) is 4.98 Å². The number of unbranched alkanes of at least 4 members (excludes halogenated alkanes) is 1. The maximum Gasteiger partial charge on any atom is 0.225 e. The molecule has 5 aromatic rings. The van der Waals surface area contributed by atoms with Crippen molar-refractivity contribution in [1.29, 1.82) is 0 Å². The molecule has 0 saturated heterocycles. The molecule has 38 heavy (non-hydrogen) atoms. The van der Waals surface area contributed by atoms with Crippen LogP contribution in [0.4, 0.5) is 0 Å². The lowest BCUT2D eigenvalue weighted by Gasteiger charge is -2.14. The van der Waals surface area contributed by atoms with Crippen molar-refractivity contribution in [2.75, 3.05) is 7.05 Å². The van der Waals surface area contributed by atoms with E-state index in [1.54, 1.807) is 7.05 Å². The topological polar surface area (TPSA) is 101 Å². The normalized spacial score (nSPS) is 11.0. The SMILES string of the molecule is CCCCc1ncc(CC(=O)NC)n1Cc1ccc(-c2cc(-c3ccccc3)ccc2-c2nn[nH]n2)cc1. The molecule has 0 aliphatic rings. The maximum atomic E-state index is 12.1. The number of tetrazole rings is 1. The van der Waals surface area contributed by atoms with E-state index in [1.165, 1.54) is 0 Å². The first-order valence-corrected chi connectivity index (χ1v) is 12.9. The number of aryl methyl sites for hydroxylation is 1. The maximum absolute atomic E-state index is 12.1. The van der Waals surface area contributed by atoms with E-state index in [-0.39, 0.29) is 5.91 Å². The molecule has 2 heterocycles. The molecule has 8 heteroatoms. The highest BCUT2D eigenvalue weighted by Gasteiger charge is 2.15. The quantitative estimate of drug-likeness (QED) is 0.276. The fourth-order valence-electron chi connectivity index (χ4n) is 4.61. The van der Waals surface area contributed by atoms with Gasteiger partial charge in [0.1, 0.15) is 5.82 Å². The van der Waals surface area contributed by atoms with Gasteiger partial charge in [-0.3, -0.25) is 4.79 Å². The number of nitrogens with zero attached hydrogens (tertiary/aromatic N) is 5. The van der Waals surface area contributed by atoms with Crippen LogP contribution < -0.4 is 5.32 Å². The van der Waals surface area contributed by atoms with Gasteiger partial charge in [0.15, 0.2) is 0 Å². The first-order valence-electron chi connectivity index (χ1n) is 12.9. The number of H-pyrrole nitrogens is 1. The number of benzene rings is 3. The lowest BCUT2D eigenvalue weighted by atomic mass is 9.93. The molecular formula is C30H31N7O. The van der Waals surface area contributed by atoms with Gasteiger partial charge in [-0.2, -0.15) is 5.21 Å². The van der Waals surface area contributed by atoms with Gasteiger partial charge in [0.2, 0.25) is 11.7 Å². The first kappa shape index (κ1) is 25.1. The Morgan fingerprint density at radius 2 is 1.74 bits per heavy atom. The second kappa shape index (κ2) is 11.6. The van der Waals surface area contributed by atoms with E-state index in [0.717, 1.165) is 64.2 Å². The van der Waals surface area contributed by atoms with Crippen LogP contribution in [0.2, 0.25) is 0 Å². The van der Waals surface area contributed by atoms with Crippen LogP contribution in [-0.4, -0.2) is 43.1 Å². The van der Waals surface area contributed by atoms with Crippen molar-refractivity contribution in [3.05, 3.63) is 96.1 Å². The Labute approximate surface area is 222 Å². The molecule has 0 aliphatic heterocycles. The van der Waals surface area contributed by atoms with E-state index >= 15 is 0 Å². The predicted molar refractivity (Wildman–Crippen MR) is 148 cm³/mol. The Balaban J connectivity index is 1.48. The molecule has 8 nitrogen and oxygen atoms in total. The van der Waals surface area contributed by atoms with Crippen LogP contribution in [0.5, 0.6) is 0 Å². The van der Waals surface area contributed by atoms with Crippen molar-refractivity contribution >= 4 is 5.91 Å². The zero-order valence-corrected chi connectivity index (χ0v) is 21.7. The van der Waals surface area contributed by atoms with Gasteiger partial charge in [0.25, 0.3) is 0 Å². The highest BCUT2D eigenvalue weighted by molar-refractivity contribution is 5.85. The highest BCUT2D eigenvalue weighted by Crippen LogP contribution is 2.34. The van der Waals surface area contributed by atoms with Gasteiger partial charge >= 0.3 is 0 Å². The molecule has 1 amide bonds. The number of carbonyl (C=O) groups excluding carboxylic acids is 1. The van der Waals surface area contributed by atoms with Crippen LogP contribution in [0.15, 0.2) is 79.0 Å². The first-order chi connectivity index (χ1) is 18.7. The zero-order valence-electron chi connectivity index (χ0n) is 21.7. The molecule has 0 radical (unpaired) electrons. The monoisotopic (exact) mass is 505 g/mol. The summed E-state index contributed by atoms with van der Waals surface area (Å²) in [5, 5.41) is 17.5. The molecule has 0 atom stereocenters. The second-order valence-electron chi connectivity index (χ2n) is 9.26. The molecule has 5 rings (SSSR count). The Hall–Kier alpha value is -4.59. The summed E-state index contributed by atoms with van der Waals surface area (Å²) in [6.45, 7) is 2.83. The third-order valence-corrected chi connectivity index (χ3v) is 6.71. The summed E-state index contributed by atoms with van der Waals surface area (Å²) < 4.78 is 2.18. The average molecular weight is 506 g/mol. The third-order valence-electron chi connectivity index (χ3n) is 6.71. The Morgan fingerprint density at radius 1 is 0.947 bits per heavy atom. The van der Waals surface area contributed by atoms with Crippen LogP contribution in [-0.2, 0) is 24.2 Å². The van der Waals surface area contributed by atoms with Gasteiger partial charge in [-0.1, -0.05) is 74.0 Å². The molecule has 0 saturated carbocycles. The lowest BCUT2D eigenvalue weighted by molar-refractivity contribution is -0.120. The fraction of sp³-hybridized carbons (Fsp3) is 0.233. The largest absolute Gasteiger partial charge is 0.359 e. The van der Waals surface area contributed by atoms with Crippen molar-refractivity contribution < 1.29 is 4.79 Å². The molecule has 0 spiro atoms. The Kier molecular flexibility index (Phi) is 7.68. The standard InChI is InChI=1S/C30H31N7O/c1-3-4-10-28-32-19-25(18-29(38)31-2)37(28)20-21-11-13-23(14-12-21)27-17-24(22-8-6-5-7-9-22)15-16-26(27)30-33-35-36-34-30/h5-9,11-17,19H,3-4,10,18,20H2,1-2H3,(H,31,38)(H,33,34,35,36). The molecule has 2 N–H and O–H groups in total. The third kappa shape index (κ3) is 5.54. The van der Waals surface area contributed by atoms with Crippen LogP contribution in [0, 0.1) is 0 Å². The number of likely N-dealkylation sites (N-methyl/N-ethyl adjacent to an activating group) is 1. The highest BCUT2D eigenvalue weighted by atomic mass is 16.1. The number of aromatic nitrogens is 6. The number of rotatable bonds is 10. The summed E-state index contributed by atoms with van der Waals surface area (Å²) in [6.07, 6.45) is 5.20. The summed E-state index contributed by atoms with van der Waals surface area (Å²) in [5.41, 5.74) is 7.34. The number of nitrogens with one attached hydrogen (secondary N) is 2. The van der Waals surface area contributed by atoms with Crippen molar-refractivity contribution in [3.63, 3.8) is 0 Å². The van der Waals surface area contributed by atoms with E-state index in [2.05, 4.69) is 90.9 Å². The average Bonchev–Trinajstić information content (AvgIpc) is 3.63. The summed E-state index contributed by atoms with van der Waals surface area (Å²) in [5.74, 6) is 1.56. The van der Waals surface area contributed by atoms with Gasteiger partial charge in [0.05, 0.1) is 6.42 Å². The van der Waals surface area contributed by atoms with Crippen LogP contribution in [0.1, 0.15) is 36.8 Å². The van der Waals surface area contributed by atoms with Gasteiger partial charge in [0, 0.05) is 37.5 Å². The van der Waals surface area contributed by atoms with Crippen molar-refractivity contribution in [2.24, 2.45) is 0 Å². The van der Waals surface area contributed by atoms with Gasteiger partial charge < -0.3 is 9.88 Å². The smallest absolute Gasteiger partial charge is 0.225 e. The molecule has 192 valence electrons. The van der Waals surface area contributed by atoms with E-state index in [9.17, 15) is 4.79 Å². The van der Waals surface area contributed by atoms with Crippen LogP contribution in [0.25, 0.3) is 33.6 Å². The van der Waals surface area contributed by atoms with E-state index < -0.39 is 0 Å². The summed E-state index contributed by atoms with van der Waals surface area (Å²) in [6, 6.07) is 25.2. The number of amides is 1. The van der Waals surface area contributed by atoms with E-state index in [1.807, 2.05) is 30.5 Å². The zero-order chi connectivity index (χ0) is 26.3. The minimum absolute atomic E-state index is 0.0177. The number of hydrogen-bond acceptors (Lipinski definition) is 5. The number of aromatic amines is 1. The lowest BCUT2D eigenvalue weighted by Crippen LogP contribution is -2.22. The Morgan fingerprint density at radius 3 is 2.45 bits per heavy atom. The fourth-order valence-corrected chi connectivity index (χ4v) is 4.61. The number of hydrogen-bond donors (Lipinski definition) is 2. The molecule has 0 aliphatic carbocycles. The summed E-state index contributed by atoms with van der Waals surface area (Å²) in [7, 11) is 1.66. The van der Waals surface area contributed by atoms with E-state index in [0.29, 0.717) is 18.8 Å². The van der Waals surface area contributed by atoms with Crippen molar-refractivity contribution in [2.45, 2.75) is 39.2 Å². The summed E-state index contributed by atoms with van der Waals surface area (Å²) >= 11 is 0. The van der Waals surface area contributed by atoms with Crippen molar-refractivity contribution in [3.8, 4) is 33.6 Å². The van der Waals surface area contributed by atoms with Crippen LogP contribution >= 0.6 is 0 Å². The molecule has 2 aromatic heterocycles. The predicted octanol–water partition coefficient (Wildman–Crippen LogP) is 5.08. The second-order valence-corrected chi connectivity index (χ2v) is 9.26. The van der Waals surface area contributed by atoms with Crippen LogP contribution in [0.3, 0.4) is 0 Å². The Bertz CT molecular complexity index is 1490. The molecule has 3 aromatic carbocycles. The minimum Gasteiger partial charge on any atom is -0.359 e. The minimum atomic E-state index is -0.0177. The number of imidazole rings is 1. The summed E-state index contributed by atoms with van der Waals surface area (Å²) in [4.78, 5) is 16.7.